The van der Waals surface area contributed by atoms with Crippen LogP contribution in [0.15, 0.2) is 54.9 Å². The van der Waals surface area contributed by atoms with E-state index in [-0.39, 0.29) is 23.0 Å². The van der Waals surface area contributed by atoms with Gasteiger partial charge in [0, 0.05) is 5.69 Å². The summed E-state index contributed by atoms with van der Waals surface area (Å²) in [5.41, 5.74) is -0.404. The normalized spacial score (nSPS) is 11.0. The van der Waals surface area contributed by atoms with Crippen molar-refractivity contribution in [3.8, 4) is 5.75 Å². The number of alkyl halides is 3. The Morgan fingerprint density at radius 1 is 0.966 bits per heavy atom. The molecule has 0 fully saturated rings. The van der Waals surface area contributed by atoms with Gasteiger partial charge >= 0.3 is 12.0 Å². The quantitative estimate of drug-likeness (QED) is 0.339. The Labute approximate surface area is 160 Å². The number of halogens is 4. The fourth-order valence-electron chi connectivity index (χ4n) is 2.30. The second kappa shape index (κ2) is 7.96. The van der Waals surface area contributed by atoms with Crippen LogP contribution in [0.3, 0.4) is 0 Å². The highest BCUT2D eigenvalue weighted by Crippen LogP contribution is 2.34. The first-order chi connectivity index (χ1) is 13.7. The maximum atomic E-state index is 13.8. The van der Waals surface area contributed by atoms with Gasteiger partial charge in [-0.1, -0.05) is 12.1 Å². The molecule has 1 heterocycles. The molecule has 1 aromatic heterocycles. The Morgan fingerprint density at radius 2 is 1.59 bits per heavy atom. The van der Waals surface area contributed by atoms with E-state index in [0.717, 1.165) is 18.5 Å². The van der Waals surface area contributed by atoms with Crippen molar-refractivity contribution < 1.29 is 27.2 Å². The average Bonchev–Trinajstić information content (AvgIpc) is 2.64. The molecule has 8 nitrogen and oxygen atoms in total. The van der Waals surface area contributed by atoms with E-state index in [1.165, 1.54) is 36.4 Å². The van der Waals surface area contributed by atoms with E-state index in [4.69, 9.17) is 0 Å². The van der Waals surface area contributed by atoms with Crippen molar-refractivity contribution in [3.63, 3.8) is 0 Å². The molecule has 0 aliphatic rings. The molecule has 29 heavy (non-hydrogen) atoms. The number of benzene rings is 2. The Balaban J connectivity index is 1.88. The molecule has 2 N–H and O–H groups in total. The van der Waals surface area contributed by atoms with E-state index in [1.807, 2.05) is 0 Å². The summed E-state index contributed by atoms with van der Waals surface area (Å²) in [6, 6.07) is 10.0. The van der Waals surface area contributed by atoms with Crippen LogP contribution < -0.4 is 15.4 Å². The van der Waals surface area contributed by atoms with Crippen LogP contribution in [0.4, 0.5) is 46.3 Å². The molecule has 0 bridgehead atoms. The van der Waals surface area contributed by atoms with Crippen LogP contribution >= 0.6 is 0 Å². The molecule has 0 atom stereocenters. The topological polar surface area (TPSA) is 102 Å². The van der Waals surface area contributed by atoms with Crippen molar-refractivity contribution in [2.75, 3.05) is 10.6 Å². The highest BCUT2D eigenvalue weighted by molar-refractivity contribution is 5.76. The van der Waals surface area contributed by atoms with Crippen molar-refractivity contribution in [1.82, 2.24) is 9.97 Å². The van der Waals surface area contributed by atoms with Gasteiger partial charge in [-0.25, -0.2) is 14.4 Å². The Kier molecular flexibility index (Phi) is 5.43. The Morgan fingerprint density at radius 3 is 2.17 bits per heavy atom. The van der Waals surface area contributed by atoms with Crippen LogP contribution in [-0.4, -0.2) is 21.3 Å². The van der Waals surface area contributed by atoms with Crippen LogP contribution in [0.2, 0.25) is 0 Å². The maximum Gasteiger partial charge on any atom is 0.573 e. The summed E-state index contributed by atoms with van der Waals surface area (Å²) in [5, 5.41) is 16.7. The van der Waals surface area contributed by atoms with Crippen molar-refractivity contribution in [2.24, 2.45) is 0 Å². The number of nitrogens with zero attached hydrogens (tertiary/aromatic N) is 3. The summed E-state index contributed by atoms with van der Waals surface area (Å²) in [7, 11) is 0. The predicted molar refractivity (Wildman–Crippen MR) is 94.8 cm³/mol. The van der Waals surface area contributed by atoms with E-state index < -0.39 is 28.5 Å². The van der Waals surface area contributed by atoms with E-state index in [2.05, 4.69) is 25.3 Å². The Hall–Kier alpha value is -3.96. The van der Waals surface area contributed by atoms with Gasteiger partial charge in [-0.3, -0.25) is 10.1 Å². The molecule has 0 aliphatic heterocycles. The number of ether oxygens (including phenoxy) is 1. The zero-order valence-corrected chi connectivity index (χ0v) is 14.3. The van der Waals surface area contributed by atoms with E-state index >= 15 is 0 Å². The second-order valence-corrected chi connectivity index (χ2v) is 5.48. The Bertz CT molecular complexity index is 1030. The molecule has 12 heteroatoms. The van der Waals surface area contributed by atoms with Crippen molar-refractivity contribution in [2.45, 2.75) is 6.36 Å². The summed E-state index contributed by atoms with van der Waals surface area (Å²) in [4.78, 5) is 18.3. The van der Waals surface area contributed by atoms with Crippen LogP contribution in [0, 0.1) is 15.9 Å². The first kappa shape index (κ1) is 19.8. The van der Waals surface area contributed by atoms with Gasteiger partial charge in [-0.2, -0.15) is 0 Å². The fraction of sp³-hybridized carbons (Fsp3) is 0.0588. The molecule has 150 valence electrons. The third-order valence-electron chi connectivity index (χ3n) is 3.48. The monoisotopic (exact) mass is 409 g/mol. The number of anilines is 4. The van der Waals surface area contributed by atoms with Crippen LogP contribution in [0.1, 0.15) is 0 Å². The second-order valence-electron chi connectivity index (χ2n) is 5.48. The zero-order valence-electron chi connectivity index (χ0n) is 14.3. The van der Waals surface area contributed by atoms with Gasteiger partial charge in [-0.15, -0.1) is 13.2 Å². The molecule has 0 saturated carbocycles. The lowest BCUT2D eigenvalue weighted by Crippen LogP contribution is -2.17. The summed E-state index contributed by atoms with van der Waals surface area (Å²) in [5.74, 6) is -1.61. The van der Waals surface area contributed by atoms with Crippen molar-refractivity contribution in [3.05, 3.63) is 70.8 Å². The molecular weight excluding hydrogens is 398 g/mol. The highest BCUT2D eigenvalue weighted by Gasteiger charge is 2.31. The van der Waals surface area contributed by atoms with Gasteiger partial charge < -0.3 is 15.4 Å². The summed E-state index contributed by atoms with van der Waals surface area (Å²) >= 11 is 0. The molecule has 2 aromatic carbocycles. The molecule has 0 aliphatic carbocycles. The lowest BCUT2D eigenvalue weighted by Gasteiger charge is -2.12. The lowest BCUT2D eigenvalue weighted by atomic mass is 10.3. The molecule has 0 amide bonds. The minimum Gasteiger partial charge on any atom is -0.406 e. The molecular formula is C17H11F4N5O3. The van der Waals surface area contributed by atoms with Crippen LogP contribution in [0.25, 0.3) is 0 Å². The van der Waals surface area contributed by atoms with E-state index in [1.54, 1.807) is 0 Å². The van der Waals surface area contributed by atoms with Gasteiger partial charge in [0.2, 0.25) is 11.6 Å². The number of nitro groups is 1. The molecule has 0 radical (unpaired) electrons. The molecule has 3 aromatic rings. The summed E-state index contributed by atoms with van der Waals surface area (Å²) in [6.45, 7) is 0. The van der Waals surface area contributed by atoms with Crippen molar-refractivity contribution >= 4 is 28.7 Å². The van der Waals surface area contributed by atoms with Gasteiger partial charge in [0.05, 0.1) is 10.6 Å². The van der Waals surface area contributed by atoms with Gasteiger partial charge in [-0.05, 0) is 36.4 Å². The van der Waals surface area contributed by atoms with Crippen LogP contribution in [0.5, 0.6) is 5.75 Å². The molecule has 0 saturated heterocycles. The first-order valence-electron chi connectivity index (χ1n) is 7.87. The summed E-state index contributed by atoms with van der Waals surface area (Å²) in [6.07, 6.45) is -3.83. The molecule has 0 spiro atoms. The largest absolute Gasteiger partial charge is 0.573 e. The fourth-order valence-corrected chi connectivity index (χ4v) is 2.30. The maximum absolute atomic E-state index is 13.8. The van der Waals surface area contributed by atoms with E-state index in [9.17, 15) is 27.7 Å². The first-order valence-corrected chi connectivity index (χ1v) is 7.87. The van der Waals surface area contributed by atoms with Gasteiger partial charge in [0.1, 0.15) is 17.9 Å². The lowest BCUT2D eigenvalue weighted by molar-refractivity contribution is -0.383. The minimum atomic E-state index is -4.84. The third-order valence-corrected chi connectivity index (χ3v) is 3.48. The summed E-state index contributed by atoms with van der Waals surface area (Å²) < 4.78 is 54.2. The van der Waals surface area contributed by atoms with E-state index in [0.29, 0.717) is 0 Å². The SMILES string of the molecule is O=[N+]([O-])c1c(Nc2ccc(OC(F)(F)F)cc2)ncnc1Nc1ccccc1F. The number of hydrogen-bond donors (Lipinski definition) is 2. The van der Waals surface area contributed by atoms with Crippen LogP contribution in [-0.2, 0) is 0 Å². The number of aromatic nitrogens is 2. The molecule has 3 rings (SSSR count). The smallest absolute Gasteiger partial charge is 0.406 e. The minimum absolute atomic E-state index is 0.0334. The number of hydrogen-bond acceptors (Lipinski definition) is 7. The number of rotatable bonds is 6. The zero-order chi connectivity index (χ0) is 21.0. The standard InChI is InChI=1S/C17H11F4N5O3/c18-12-3-1-2-4-13(12)25-16-14(26(27)28)15(22-9-23-16)24-10-5-7-11(8-6-10)29-17(19,20)21/h1-9H,(H2,22,23,24,25). The number of para-hydroxylation sites is 1. The number of nitrogens with one attached hydrogen (secondary N) is 2. The van der Waals surface area contributed by atoms with Gasteiger partial charge in [0.25, 0.3) is 0 Å². The van der Waals surface area contributed by atoms with Crippen molar-refractivity contribution in [1.29, 1.82) is 0 Å². The van der Waals surface area contributed by atoms with Gasteiger partial charge in [0.15, 0.2) is 0 Å². The highest BCUT2D eigenvalue weighted by atomic mass is 19.4. The predicted octanol–water partition coefficient (Wildman–Crippen LogP) is 4.91. The molecule has 0 unspecified atom stereocenters. The third kappa shape index (κ3) is 5.06. The average molecular weight is 409 g/mol.